The standard InChI is InChI=1S/C15H23NO3/c1-13(17)16-11-7-8-14(18)12-19-15-9-5-3-2-4-6-10-15/h15H,2-5,7-9,11-12H2,1H3,(H,16,17). The summed E-state index contributed by atoms with van der Waals surface area (Å²) in [5.74, 6) is 6.19. The van der Waals surface area contributed by atoms with Crippen LogP contribution in [0, 0.1) is 11.8 Å². The van der Waals surface area contributed by atoms with E-state index < -0.39 is 0 Å². The van der Waals surface area contributed by atoms with E-state index in [4.69, 9.17) is 4.74 Å². The summed E-state index contributed by atoms with van der Waals surface area (Å²) in [5.41, 5.74) is 0. The number of amides is 1. The van der Waals surface area contributed by atoms with E-state index in [0.29, 0.717) is 19.4 Å². The van der Waals surface area contributed by atoms with Crippen LogP contribution in [0.2, 0.25) is 0 Å². The Hall–Kier alpha value is -1.34. The maximum atomic E-state index is 11.6. The molecule has 0 aromatic rings. The minimum atomic E-state index is -0.0837. The minimum absolute atomic E-state index is 0.0616. The molecule has 1 amide bonds. The van der Waals surface area contributed by atoms with Crippen LogP contribution in [0.25, 0.3) is 0 Å². The Morgan fingerprint density at radius 2 is 2.16 bits per heavy atom. The van der Waals surface area contributed by atoms with Crippen molar-refractivity contribution in [1.29, 1.82) is 0 Å². The molecule has 0 spiro atoms. The summed E-state index contributed by atoms with van der Waals surface area (Å²) in [6.45, 7) is 2.15. The van der Waals surface area contributed by atoms with E-state index in [2.05, 4.69) is 17.2 Å². The molecular weight excluding hydrogens is 242 g/mol. The molecule has 1 unspecified atom stereocenters. The Kier molecular flexibility index (Phi) is 7.92. The Morgan fingerprint density at radius 3 is 2.95 bits per heavy atom. The number of ketones is 1. The van der Waals surface area contributed by atoms with Gasteiger partial charge in [-0.05, 0) is 25.7 Å². The molecule has 0 fully saturated rings. The van der Waals surface area contributed by atoms with Crippen LogP contribution in [0.5, 0.6) is 0 Å². The van der Waals surface area contributed by atoms with Gasteiger partial charge in [0.25, 0.3) is 0 Å². The quantitative estimate of drug-likeness (QED) is 0.564. The topological polar surface area (TPSA) is 55.4 Å². The van der Waals surface area contributed by atoms with Gasteiger partial charge in [0, 0.05) is 26.3 Å². The Labute approximate surface area is 115 Å². The fraction of sp³-hybridized carbons (Fsp3) is 0.733. The van der Waals surface area contributed by atoms with Crippen LogP contribution >= 0.6 is 0 Å². The first kappa shape index (κ1) is 15.7. The van der Waals surface area contributed by atoms with Crippen LogP contribution in [0.4, 0.5) is 0 Å². The highest BCUT2D eigenvalue weighted by molar-refractivity contribution is 5.79. The summed E-state index contributed by atoms with van der Waals surface area (Å²) < 4.78 is 5.55. The lowest BCUT2D eigenvalue weighted by molar-refractivity contribution is -0.125. The number of nitrogens with one attached hydrogen (secondary N) is 1. The molecule has 4 heteroatoms. The van der Waals surface area contributed by atoms with Crippen molar-refractivity contribution < 1.29 is 14.3 Å². The molecule has 0 saturated carbocycles. The number of carbonyl (C=O) groups excluding carboxylic acids is 2. The predicted molar refractivity (Wildman–Crippen MR) is 73.5 cm³/mol. The van der Waals surface area contributed by atoms with Gasteiger partial charge in [-0.1, -0.05) is 12.3 Å². The van der Waals surface area contributed by atoms with Gasteiger partial charge in [0.2, 0.25) is 5.91 Å². The number of carbonyl (C=O) groups is 2. The molecule has 19 heavy (non-hydrogen) atoms. The van der Waals surface area contributed by atoms with E-state index in [1.807, 2.05) is 0 Å². The summed E-state index contributed by atoms with van der Waals surface area (Å²) in [7, 11) is 0. The van der Waals surface area contributed by atoms with E-state index >= 15 is 0 Å². The zero-order valence-corrected chi connectivity index (χ0v) is 11.7. The molecule has 0 aliphatic heterocycles. The molecule has 1 rings (SSSR count). The van der Waals surface area contributed by atoms with Crippen molar-refractivity contribution in [2.45, 2.75) is 58.0 Å². The van der Waals surface area contributed by atoms with Gasteiger partial charge in [0.05, 0.1) is 0 Å². The Bertz CT molecular complexity index is 354. The van der Waals surface area contributed by atoms with Gasteiger partial charge in [-0.3, -0.25) is 9.59 Å². The zero-order chi connectivity index (χ0) is 13.9. The van der Waals surface area contributed by atoms with Crippen molar-refractivity contribution >= 4 is 11.7 Å². The van der Waals surface area contributed by atoms with E-state index in [0.717, 1.165) is 19.3 Å². The number of Topliss-reactive ketones (excluding diaryl/α,β-unsaturated/α-hetero) is 1. The lowest BCUT2D eigenvalue weighted by atomic mass is 10.1. The monoisotopic (exact) mass is 265 g/mol. The van der Waals surface area contributed by atoms with Gasteiger partial charge in [-0.25, -0.2) is 0 Å². The molecule has 1 atom stereocenters. The smallest absolute Gasteiger partial charge is 0.216 e. The maximum absolute atomic E-state index is 11.6. The average molecular weight is 265 g/mol. The summed E-state index contributed by atoms with van der Waals surface area (Å²) in [6, 6.07) is 0. The molecule has 1 aliphatic rings. The fourth-order valence-electron chi connectivity index (χ4n) is 1.92. The summed E-state index contributed by atoms with van der Waals surface area (Å²) in [5, 5.41) is 2.67. The van der Waals surface area contributed by atoms with Crippen LogP contribution in [-0.4, -0.2) is 30.9 Å². The van der Waals surface area contributed by atoms with Crippen LogP contribution in [0.1, 0.15) is 51.9 Å². The van der Waals surface area contributed by atoms with Crippen molar-refractivity contribution in [3.05, 3.63) is 0 Å². The highest BCUT2D eigenvalue weighted by Crippen LogP contribution is 2.10. The third-order valence-corrected chi connectivity index (χ3v) is 2.98. The van der Waals surface area contributed by atoms with Gasteiger partial charge < -0.3 is 10.1 Å². The second kappa shape index (κ2) is 9.57. The fourth-order valence-corrected chi connectivity index (χ4v) is 1.92. The van der Waals surface area contributed by atoms with E-state index in [1.165, 1.54) is 19.8 Å². The third-order valence-electron chi connectivity index (χ3n) is 2.98. The minimum Gasteiger partial charge on any atom is -0.358 e. The molecule has 1 aliphatic carbocycles. The highest BCUT2D eigenvalue weighted by atomic mass is 16.5. The normalized spacial score (nSPS) is 18.7. The lowest BCUT2D eigenvalue weighted by Gasteiger charge is -2.13. The van der Waals surface area contributed by atoms with Gasteiger partial charge in [-0.2, -0.15) is 0 Å². The molecule has 1 N–H and O–H groups in total. The number of rotatable bonds is 7. The molecular formula is C15H23NO3. The Morgan fingerprint density at radius 1 is 1.32 bits per heavy atom. The van der Waals surface area contributed by atoms with Crippen LogP contribution in [0.15, 0.2) is 0 Å². The van der Waals surface area contributed by atoms with Crippen molar-refractivity contribution in [2.75, 3.05) is 13.2 Å². The molecule has 4 nitrogen and oxygen atoms in total. The molecule has 0 radical (unpaired) electrons. The third kappa shape index (κ3) is 8.39. The van der Waals surface area contributed by atoms with E-state index in [9.17, 15) is 9.59 Å². The molecule has 0 aromatic carbocycles. The second-order valence-corrected chi connectivity index (χ2v) is 4.85. The van der Waals surface area contributed by atoms with Crippen molar-refractivity contribution in [3.63, 3.8) is 0 Å². The van der Waals surface area contributed by atoms with Crippen LogP contribution < -0.4 is 5.32 Å². The molecule has 0 saturated heterocycles. The van der Waals surface area contributed by atoms with Crippen molar-refractivity contribution in [3.8, 4) is 11.8 Å². The maximum Gasteiger partial charge on any atom is 0.216 e. The van der Waals surface area contributed by atoms with Gasteiger partial charge in [-0.15, -0.1) is 5.92 Å². The first-order valence-corrected chi connectivity index (χ1v) is 7.04. The first-order chi connectivity index (χ1) is 9.18. The molecule has 106 valence electrons. The van der Waals surface area contributed by atoms with E-state index in [1.54, 1.807) is 0 Å². The van der Waals surface area contributed by atoms with Crippen molar-refractivity contribution in [2.24, 2.45) is 0 Å². The number of hydrogen-bond donors (Lipinski definition) is 1. The van der Waals surface area contributed by atoms with Crippen LogP contribution in [-0.2, 0) is 14.3 Å². The zero-order valence-electron chi connectivity index (χ0n) is 11.7. The summed E-state index contributed by atoms with van der Waals surface area (Å²) in [6.07, 6.45) is 6.37. The molecule has 0 bridgehead atoms. The summed E-state index contributed by atoms with van der Waals surface area (Å²) >= 11 is 0. The SMILES string of the molecule is CC(=O)NCCCC(=O)COC1C#CCCCCC1. The second-order valence-electron chi connectivity index (χ2n) is 4.85. The number of hydrogen-bond acceptors (Lipinski definition) is 3. The van der Waals surface area contributed by atoms with Crippen molar-refractivity contribution in [1.82, 2.24) is 5.32 Å². The predicted octanol–water partition coefficient (Wildman–Crippen LogP) is 1.82. The average Bonchev–Trinajstić information content (AvgIpc) is 2.33. The van der Waals surface area contributed by atoms with Gasteiger partial charge in [0.1, 0.15) is 12.7 Å². The largest absolute Gasteiger partial charge is 0.358 e. The van der Waals surface area contributed by atoms with E-state index in [-0.39, 0.29) is 24.4 Å². The summed E-state index contributed by atoms with van der Waals surface area (Å²) in [4.78, 5) is 22.2. The highest BCUT2D eigenvalue weighted by Gasteiger charge is 2.10. The molecule has 0 heterocycles. The first-order valence-electron chi connectivity index (χ1n) is 7.04. The van der Waals surface area contributed by atoms with Crippen LogP contribution in [0.3, 0.4) is 0 Å². The number of ether oxygens (including phenoxy) is 1. The van der Waals surface area contributed by atoms with Gasteiger partial charge in [0.15, 0.2) is 5.78 Å². The Balaban J connectivity index is 2.12. The van der Waals surface area contributed by atoms with Gasteiger partial charge >= 0.3 is 0 Å². The lowest BCUT2D eigenvalue weighted by Crippen LogP contribution is -2.22. The molecule has 0 aromatic heterocycles.